The molecule has 1 spiro atoms. The van der Waals surface area contributed by atoms with Gasteiger partial charge in [-0.15, -0.1) is 0 Å². The van der Waals surface area contributed by atoms with Crippen molar-refractivity contribution in [1.82, 2.24) is 0 Å². The summed E-state index contributed by atoms with van der Waals surface area (Å²) >= 11 is 2.57. The van der Waals surface area contributed by atoms with Gasteiger partial charge in [0, 0.05) is 3.92 Å². The molecule has 4 rings (SSSR count). The Balaban J connectivity index is 1.79. The van der Waals surface area contributed by atoms with Crippen LogP contribution in [-0.4, -0.2) is 16.0 Å². The number of allylic oxidation sites excluding steroid dienone is 2. The summed E-state index contributed by atoms with van der Waals surface area (Å²) < 4.78 is 6.16. The first-order valence-electron chi connectivity index (χ1n) is 6.23. The minimum Gasteiger partial charge on any atom is -0.462 e. The zero-order valence-electron chi connectivity index (χ0n) is 9.06. The van der Waals surface area contributed by atoms with Crippen LogP contribution in [0.5, 0.6) is 0 Å². The molecule has 0 amide bonds. The molecule has 1 heterocycles. The Kier molecular flexibility index (Phi) is 1.88. The largest absolute Gasteiger partial charge is 0.462 e. The lowest BCUT2D eigenvalue weighted by Gasteiger charge is -2.32. The number of hydrogen-bond acceptors (Lipinski definition) is 2. The van der Waals surface area contributed by atoms with Crippen molar-refractivity contribution in [3.05, 3.63) is 12.2 Å². The van der Waals surface area contributed by atoms with E-state index in [2.05, 4.69) is 34.7 Å². The molecule has 1 saturated heterocycles. The first-order chi connectivity index (χ1) is 7.71. The van der Waals surface area contributed by atoms with Gasteiger partial charge in [0.25, 0.3) is 0 Å². The molecule has 0 aromatic rings. The van der Waals surface area contributed by atoms with Crippen molar-refractivity contribution in [2.45, 2.75) is 35.7 Å². The molecule has 0 aromatic carbocycles. The fourth-order valence-corrected chi connectivity index (χ4v) is 5.71. The molecule has 4 bridgehead atoms. The summed E-state index contributed by atoms with van der Waals surface area (Å²) in [6, 6.07) is 0. The molecule has 86 valence electrons. The van der Waals surface area contributed by atoms with Crippen LogP contribution in [0.3, 0.4) is 0 Å². The Hall–Kier alpha value is -0.0600. The van der Waals surface area contributed by atoms with Crippen molar-refractivity contribution in [3.8, 4) is 0 Å². The lowest BCUT2D eigenvalue weighted by atomic mass is 9.72. The molecule has 2 nitrogen and oxygen atoms in total. The van der Waals surface area contributed by atoms with E-state index in [0.717, 1.165) is 12.8 Å². The molecule has 3 heteroatoms. The van der Waals surface area contributed by atoms with Crippen LogP contribution in [0, 0.1) is 23.2 Å². The van der Waals surface area contributed by atoms with Gasteiger partial charge in [0.1, 0.15) is 6.10 Å². The van der Waals surface area contributed by atoms with Crippen molar-refractivity contribution in [2.24, 2.45) is 23.2 Å². The zero-order chi connectivity index (χ0) is 10.9. The topological polar surface area (TPSA) is 26.3 Å². The van der Waals surface area contributed by atoms with E-state index in [0.29, 0.717) is 21.2 Å². The fraction of sp³-hybridized carbons (Fsp3) is 0.769. The van der Waals surface area contributed by atoms with Crippen LogP contribution in [0.1, 0.15) is 25.7 Å². The van der Waals surface area contributed by atoms with Crippen LogP contribution in [-0.2, 0) is 9.53 Å². The van der Waals surface area contributed by atoms with Gasteiger partial charge in [-0.25, -0.2) is 0 Å². The van der Waals surface area contributed by atoms with Crippen LogP contribution in [0.25, 0.3) is 0 Å². The first-order valence-corrected chi connectivity index (χ1v) is 7.48. The summed E-state index contributed by atoms with van der Waals surface area (Å²) in [7, 11) is 0. The Morgan fingerprint density at radius 1 is 1.25 bits per heavy atom. The van der Waals surface area contributed by atoms with Crippen molar-refractivity contribution in [2.75, 3.05) is 0 Å². The Labute approximate surface area is 109 Å². The number of alkyl halides is 1. The van der Waals surface area contributed by atoms with Crippen LogP contribution >= 0.6 is 22.6 Å². The number of ether oxygens (including phenoxy) is 1. The monoisotopic (exact) mass is 330 g/mol. The summed E-state index contributed by atoms with van der Waals surface area (Å²) in [6.45, 7) is 0. The molecule has 0 N–H and O–H groups in total. The van der Waals surface area contributed by atoms with E-state index in [1.54, 1.807) is 0 Å². The highest BCUT2D eigenvalue weighted by atomic mass is 127. The molecule has 0 radical (unpaired) electrons. The van der Waals surface area contributed by atoms with E-state index >= 15 is 0 Å². The van der Waals surface area contributed by atoms with Crippen LogP contribution in [0.2, 0.25) is 0 Å². The number of esters is 1. The van der Waals surface area contributed by atoms with Gasteiger partial charge in [0.2, 0.25) is 0 Å². The molecule has 0 aromatic heterocycles. The third-order valence-corrected chi connectivity index (χ3v) is 6.38. The van der Waals surface area contributed by atoms with E-state index in [9.17, 15) is 4.79 Å². The van der Waals surface area contributed by atoms with Gasteiger partial charge in [-0.05, 0) is 42.9 Å². The number of fused-ring (bicyclic) bond motifs is 3. The minimum atomic E-state index is 0.0806. The Morgan fingerprint density at radius 2 is 2.00 bits per heavy atom. The van der Waals surface area contributed by atoms with Crippen molar-refractivity contribution < 1.29 is 9.53 Å². The molecule has 4 aliphatic rings. The Morgan fingerprint density at radius 3 is 2.75 bits per heavy atom. The fourth-order valence-electron chi connectivity index (χ4n) is 4.19. The quantitative estimate of drug-likeness (QED) is 0.295. The highest BCUT2D eigenvalue weighted by Gasteiger charge is 2.63. The van der Waals surface area contributed by atoms with E-state index in [4.69, 9.17) is 4.74 Å². The van der Waals surface area contributed by atoms with Crippen LogP contribution < -0.4 is 0 Å². The number of rotatable bonds is 0. The highest BCUT2D eigenvalue weighted by molar-refractivity contribution is 14.1. The van der Waals surface area contributed by atoms with Crippen molar-refractivity contribution in [1.29, 1.82) is 0 Å². The third-order valence-electron chi connectivity index (χ3n) is 5.09. The molecule has 2 saturated carbocycles. The van der Waals surface area contributed by atoms with Crippen molar-refractivity contribution >= 4 is 28.6 Å². The zero-order valence-corrected chi connectivity index (χ0v) is 11.2. The normalized spacial score (nSPS) is 51.3. The molecule has 5 atom stereocenters. The molecule has 16 heavy (non-hydrogen) atoms. The average molecular weight is 330 g/mol. The SMILES string of the molecule is O=C1O[C@H]2CC(I)[C@H]3C=C[C@@H]([C@@H]1C2)C31CC1. The van der Waals surface area contributed by atoms with Crippen LogP contribution in [0.4, 0.5) is 0 Å². The first kappa shape index (κ1) is 9.92. The number of carbonyl (C=O) groups is 1. The second-order valence-electron chi connectivity index (χ2n) is 5.82. The summed E-state index contributed by atoms with van der Waals surface area (Å²) in [5, 5.41) is 0. The lowest BCUT2D eigenvalue weighted by molar-refractivity contribution is -0.145. The molecule has 1 unspecified atom stereocenters. The average Bonchev–Trinajstić information content (AvgIpc) is 2.77. The number of hydrogen-bond donors (Lipinski definition) is 0. The van der Waals surface area contributed by atoms with Gasteiger partial charge in [-0.2, -0.15) is 0 Å². The third kappa shape index (κ3) is 1.11. The molecule has 3 aliphatic carbocycles. The number of halogens is 1. The lowest BCUT2D eigenvalue weighted by Crippen LogP contribution is -2.33. The summed E-state index contributed by atoms with van der Waals surface area (Å²) in [4.78, 5) is 11.9. The smallest absolute Gasteiger partial charge is 0.309 e. The van der Waals surface area contributed by atoms with Gasteiger partial charge in [-0.3, -0.25) is 4.79 Å². The van der Waals surface area contributed by atoms with E-state index < -0.39 is 0 Å². The standard InChI is InChI=1S/C13H15IO2/c14-11-6-7-5-8(12(15)16-7)9-1-2-10(11)13(9)3-4-13/h1-2,7-11H,3-6H2/t7-,8+,9+,10-,11?/m1/s1. The van der Waals surface area contributed by atoms with Crippen molar-refractivity contribution in [3.63, 3.8) is 0 Å². The summed E-state index contributed by atoms with van der Waals surface area (Å²) in [5.74, 6) is 1.46. The highest BCUT2D eigenvalue weighted by Crippen LogP contribution is 2.67. The predicted octanol–water partition coefficient (Wildman–Crippen LogP) is 2.71. The maximum Gasteiger partial charge on any atom is 0.309 e. The second-order valence-corrected chi connectivity index (χ2v) is 7.42. The van der Waals surface area contributed by atoms with E-state index in [-0.39, 0.29) is 18.0 Å². The van der Waals surface area contributed by atoms with Gasteiger partial charge >= 0.3 is 5.97 Å². The van der Waals surface area contributed by atoms with E-state index in [1.807, 2.05) is 0 Å². The summed E-state index contributed by atoms with van der Waals surface area (Å²) in [6.07, 6.45) is 9.63. The molecule has 1 aliphatic heterocycles. The summed E-state index contributed by atoms with van der Waals surface area (Å²) in [5.41, 5.74) is 0.463. The maximum absolute atomic E-state index is 11.9. The molecular formula is C13H15IO2. The van der Waals surface area contributed by atoms with Gasteiger partial charge in [0.05, 0.1) is 5.92 Å². The minimum absolute atomic E-state index is 0.0806. The molecular weight excluding hydrogens is 315 g/mol. The van der Waals surface area contributed by atoms with Crippen LogP contribution in [0.15, 0.2) is 12.2 Å². The predicted molar refractivity (Wildman–Crippen MR) is 68.2 cm³/mol. The second kappa shape index (κ2) is 3.03. The van der Waals surface area contributed by atoms with E-state index in [1.165, 1.54) is 12.8 Å². The molecule has 3 fully saturated rings. The Bertz CT molecular complexity index is 385. The van der Waals surface area contributed by atoms with Gasteiger partial charge < -0.3 is 4.74 Å². The number of carbonyl (C=O) groups excluding carboxylic acids is 1. The van der Waals surface area contributed by atoms with Gasteiger partial charge in [0.15, 0.2) is 0 Å². The van der Waals surface area contributed by atoms with Gasteiger partial charge in [-0.1, -0.05) is 34.7 Å². The maximum atomic E-state index is 11.9.